The number of anilines is 2. The molecule has 172 valence electrons. The summed E-state index contributed by atoms with van der Waals surface area (Å²) in [7, 11) is 0. The summed E-state index contributed by atoms with van der Waals surface area (Å²) in [6, 6.07) is 5.37. The number of nitrogens with zero attached hydrogens (tertiary/aromatic N) is 6. The molecule has 0 aliphatic heterocycles. The molecule has 1 saturated carbocycles. The Kier molecular flexibility index (Phi) is 5.45. The molecular weight excluding hydrogens is 432 g/mol. The zero-order chi connectivity index (χ0) is 23.8. The monoisotopic (exact) mass is 456 g/mol. The Morgan fingerprint density at radius 1 is 1.29 bits per heavy atom. The fourth-order valence-corrected chi connectivity index (χ4v) is 4.06. The molecule has 10 nitrogen and oxygen atoms in total. The van der Waals surface area contributed by atoms with E-state index in [1.807, 2.05) is 29.7 Å². The number of benzene rings is 1. The second kappa shape index (κ2) is 8.59. The van der Waals surface area contributed by atoms with E-state index >= 15 is 0 Å². The zero-order valence-electron chi connectivity index (χ0n) is 19.2. The van der Waals surface area contributed by atoms with Crippen molar-refractivity contribution in [2.24, 2.45) is 0 Å². The minimum absolute atomic E-state index is 0.0731. The molecular formula is C24H24N8O2. The van der Waals surface area contributed by atoms with Crippen LogP contribution in [0.1, 0.15) is 62.5 Å². The summed E-state index contributed by atoms with van der Waals surface area (Å²) < 4.78 is 7.40. The van der Waals surface area contributed by atoms with Crippen molar-refractivity contribution in [3.05, 3.63) is 52.2 Å². The Balaban J connectivity index is 1.66. The summed E-state index contributed by atoms with van der Waals surface area (Å²) in [4.78, 5) is 27.1. The summed E-state index contributed by atoms with van der Waals surface area (Å²) in [5.41, 5.74) is 7.80. The number of aryl methyl sites for hydroxylation is 1. The Morgan fingerprint density at radius 3 is 2.79 bits per heavy atom. The van der Waals surface area contributed by atoms with E-state index in [9.17, 15) is 4.79 Å². The highest BCUT2D eigenvalue weighted by atomic mass is 16.4. The first-order valence-corrected chi connectivity index (χ1v) is 11.2. The number of aromatic nitrogens is 6. The third-order valence-corrected chi connectivity index (χ3v) is 5.78. The third-order valence-electron chi connectivity index (χ3n) is 5.78. The van der Waals surface area contributed by atoms with Crippen LogP contribution in [0.15, 0.2) is 33.7 Å². The first-order valence-electron chi connectivity index (χ1n) is 11.2. The number of nitrogens with two attached hydrogens (primary N) is 1. The number of fused-ring (bicyclic) bond motifs is 1. The topological polar surface area (TPSA) is 138 Å². The molecule has 4 aromatic rings. The minimum atomic E-state index is -0.323. The Bertz CT molecular complexity index is 1510. The number of hydrogen-bond acceptors (Lipinski definition) is 9. The van der Waals surface area contributed by atoms with Crippen molar-refractivity contribution >= 4 is 22.5 Å². The molecule has 0 amide bonds. The van der Waals surface area contributed by atoms with E-state index in [1.54, 1.807) is 13.8 Å². The number of nitrogen functional groups attached to an aromatic ring is 1. The Hall–Kier alpha value is -4.26. The first kappa shape index (κ1) is 21.6. The van der Waals surface area contributed by atoms with Crippen LogP contribution in [-0.4, -0.2) is 29.7 Å². The summed E-state index contributed by atoms with van der Waals surface area (Å²) in [6.07, 6.45) is 3.89. The van der Waals surface area contributed by atoms with Gasteiger partial charge >= 0.3 is 0 Å². The van der Waals surface area contributed by atoms with Crippen molar-refractivity contribution in [2.75, 3.05) is 11.1 Å². The van der Waals surface area contributed by atoms with Gasteiger partial charge in [0.05, 0.1) is 16.9 Å². The van der Waals surface area contributed by atoms with E-state index in [1.165, 1.54) is 6.33 Å². The van der Waals surface area contributed by atoms with Gasteiger partial charge in [-0.15, -0.1) is 16.1 Å². The van der Waals surface area contributed by atoms with E-state index in [2.05, 4.69) is 37.3 Å². The van der Waals surface area contributed by atoms with Crippen molar-refractivity contribution in [2.45, 2.75) is 52.1 Å². The predicted octanol–water partition coefficient (Wildman–Crippen LogP) is 3.40. The standard InChI is InChI=1S/C24H24N8O2/c1-4-7-14-8-6-9-17-18(14)24(33)32(15-10-11-15)22(29-17)16(5-2)28-21-19(20(25)26-12-27-21)23-31-30-13(3)34-23/h6,8-9,12,15-16H,5,10-11H2,1-3H3,(H3,25,26,27,28). The van der Waals surface area contributed by atoms with Gasteiger partial charge in [-0.3, -0.25) is 9.36 Å². The van der Waals surface area contributed by atoms with Gasteiger partial charge in [-0.1, -0.05) is 18.9 Å². The molecule has 0 saturated heterocycles. The van der Waals surface area contributed by atoms with Crippen molar-refractivity contribution in [3.63, 3.8) is 0 Å². The minimum Gasteiger partial charge on any atom is -0.421 e. The molecule has 0 bridgehead atoms. The SMILES string of the molecule is CC#Cc1cccc2nc(C(CC)Nc3ncnc(N)c3-c3nnc(C)o3)n(C3CC3)c(=O)c12. The van der Waals surface area contributed by atoms with Crippen LogP contribution in [0.25, 0.3) is 22.4 Å². The highest BCUT2D eigenvalue weighted by Gasteiger charge is 2.32. The maximum absolute atomic E-state index is 13.7. The van der Waals surface area contributed by atoms with E-state index in [4.69, 9.17) is 15.1 Å². The van der Waals surface area contributed by atoms with Gasteiger partial charge in [-0.25, -0.2) is 15.0 Å². The molecule has 1 atom stereocenters. The van der Waals surface area contributed by atoms with Gasteiger partial charge in [-0.05, 0) is 38.3 Å². The first-order chi connectivity index (χ1) is 16.5. The molecule has 3 aromatic heterocycles. The lowest BCUT2D eigenvalue weighted by Crippen LogP contribution is -2.29. The number of hydrogen-bond donors (Lipinski definition) is 2. The van der Waals surface area contributed by atoms with E-state index in [0.717, 1.165) is 12.8 Å². The lowest BCUT2D eigenvalue weighted by molar-refractivity contribution is 0.532. The Morgan fingerprint density at radius 2 is 2.12 bits per heavy atom. The van der Waals surface area contributed by atoms with Gasteiger partial charge in [0.15, 0.2) is 0 Å². The van der Waals surface area contributed by atoms with Crippen molar-refractivity contribution in [1.29, 1.82) is 0 Å². The molecule has 1 aromatic carbocycles. The number of rotatable bonds is 6. The summed E-state index contributed by atoms with van der Waals surface area (Å²) in [5, 5.41) is 11.9. The molecule has 0 radical (unpaired) electrons. The largest absolute Gasteiger partial charge is 0.421 e. The van der Waals surface area contributed by atoms with Crippen LogP contribution < -0.4 is 16.6 Å². The van der Waals surface area contributed by atoms with Crippen LogP contribution in [0.2, 0.25) is 0 Å². The second-order valence-electron chi connectivity index (χ2n) is 8.16. The molecule has 3 heterocycles. The molecule has 1 fully saturated rings. The number of nitrogens with one attached hydrogen (secondary N) is 1. The van der Waals surface area contributed by atoms with Crippen molar-refractivity contribution in [3.8, 4) is 23.3 Å². The van der Waals surface area contributed by atoms with Crippen LogP contribution >= 0.6 is 0 Å². The smallest absolute Gasteiger partial charge is 0.262 e. The van der Waals surface area contributed by atoms with Crippen LogP contribution in [0, 0.1) is 18.8 Å². The van der Waals surface area contributed by atoms with Gasteiger partial charge in [0.1, 0.15) is 29.4 Å². The molecule has 5 rings (SSSR count). The highest BCUT2D eigenvalue weighted by Crippen LogP contribution is 2.38. The molecule has 1 unspecified atom stereocenters. The van der Waals surface area contributed by atoms with E-state index in [0.29, 0.717) is 46.0 Å². The van der Waals surface area contributed by atoms with Gasteiger partial charge in [0.25, 0.3) is 11.4 Å². The molecule has 10 heteroatoms. The fraction of sp³-hybridized carbons (Fsp3) is 0.333. The maximum atomic E-state index is 13.7. The maximum Gasteiger partial charge on any atom is 0.262 e. The summed E-state index contributed by atoms with van der Waals surface area (Å²) in [6.45, 7) is 5.47. The van der Waals surface area contributed by atoms with Crippen LogP contribution in [0.3, 0.4) is 0 Å². The van der Waals surface area contributed by atoms with Gasteiger partial charge in [0, 0.05) is 18.5 Å². The second-order valence-corrected chi connectivity index (χ2v) is 8.16. The molecule has 34 heavy (non-hydrogen) atoms. The molecule has 0 spiro atoms. The molecule has 3 N–H and O–H groups in total. The van der Waals surface area contributed by atoms with E-state index in [-0.39, 0.29) is 29.4 Å². The summed E-state index contributed by atoms with van der Waals surface area (Å²) >= 11 is 0. The lowest BCUT2D eigenvalue weighted by Gasteiger charge is -2.23. The predicted molar refractivity (Wildman–Crippen MR) is 128 cm³/mol. The van der Waals surface area contributed by atoms with Gasteiger partial charge in [0.2, 0.25) is 5.89 Å². The van der Waals surface area contributed by atoms with Crippen molar-refractivity contribution in [1.82, 2.24) is 29.7 Å². The van der Waals surface area contributed by atoms with Crippen molar-refractivity contribution < 1.29 is 4.42 Å². The Labute approximate surface area is 195 Å². The molecule has 1 aliphatic rings. The lowest BCUT2D eigenvalue weighted by atomic mass is 10.1. The summed E-state index contributed by atoms with van der Waals surface area (Å²) in [5.74, 6) is 7.86. The zero-order valence-corrected chi connectivity index (χ0v) is 19.2. The van der Waals surface area contributed by atoms with Crippen LogP contribution in [-0.2, 0) is 0 Å². The average Bonchev–Trinajstić information content (AvgIpc) is 3.57. The van der Waals surface area contributed by atoms with Gasteiger partial charge < -0.3 is 15.5 Å². The quantitative estimate of drug-likeness (QED) is 0.418. The van der Waals surface area contributed by atoms with Gasteiger partial charge in [-0.2, -0.15) is 0 Å². The highest BCUT2D eigenvalue weighted by molar-refractivity contribution is 5.84. The molecule has 1 aliphatic carbocycles. The van der Waals surface area contributed by atoms with E-state index < -0.39 is 0 Å². The average molecular weight is 457 g/mol. The van der Waals surface area contributed by atoms with Crippen LogP contribution in [0.4, 0.5) is 11.6 Å². The third kappa shape index (κ3) is 3.75. The fourth-order valence-electron chi connectivity index (χ4n) is 4.06. The van der Waals surface area contributed by atoms with Crippen LogP contribution in [0.5, 0.6) is 0 Å². The normalized spacial score (nSPS) is 14.0.